The molecule has 2 aromatic carbocycles. The van der Waals surface area contributed by atoms with Crippen LogP contribution in [0.1, 0.15) is 18.4 Å². The lowest BCUT2D eigenvalue weighted by Crippen LogP contribution is -2.39. The minimum absolute atomic E-state index is 0.315. The Hall–Kier alpha value is -2.56. The first-order valence-electron chi connectivity index (χ1n) is 9.61. The Labute approximate surface area is 169 Å². The molecule has 1 aliphatic rings. The summed E-state index contributed by atoms with van der Waals surface area (Å²) in [4.78, 5) is 14.3. The lowest BCUT2D eigenvalue weighted by atomic mass is 10.0. The molecular formula is C23H23ClN2O2. The van der Waals surface area contributed by atoms with Gasteiger partial charge in [0.15, 0.2) is 0 Å². The van der Waals surface area contributed by atoms with Crippen LogP contribution >= 0.6 is 11.6 Å². The van der Waals surface area contributed by atoms with E-state index >= 15 is 0 Å². The van der Waals surface area contributed by atoms with Gasteiger partial charge in [-0.25, -0.2) is 4.79 Å². The number of halogens is 1. The highest BCUT2D eigenvalue weighted by atomic mass is 35.5. The SMILES string of the molecule is O=c1cc(NC2CCN(CC=Cc3cccc(Cl)c3)CC2)c2ccccc2o1. The van der Waals surface area contributed by atoms with E-state index in [1.807, 2.05) is 42.5 Å². The summed E-state index contributed by atoms with van der Waals surface area (Å²) in [7, 11) is 0. The quantitative estimate of drug-likeness (QED) is 0.616. The summed E-state index contributed by atoms with van der Waals surface area (Å²) in [6.07, 6.45) is 6.39. The Balaban J connectivity index is 1.33. The van der Waals surface area contributed by atoms with E-state index in [4.69, 9.17) is 16.0 Å². The summed E-state index contributed by atoms with van der Waals surface area (Å²) in [5.41, 5.74) is 2.30. The van der Waals surface area contributed by atoms with Gasteiger partial charge in [0.25, 0.3) is 0 Å². The topological polar surface area (TPSA) is 45.5 Å². The standard InChI is InChI=1S/C23H23ClN2O2/c24-18-7-3-5-17(15-18)6-4-12-26-13-10-19(11-14-26)25-21-16-23(27)28-22-9-2-1-8-20(21)22/h1-9,15-16,19,25H,10-14H2. The number of anilines is 1. The van der Waals surface area contributed by atoms with Crippen molar-refractivity contribution in [1.29, 1.82) is 0 Å². The minimum Gasteiger partial charge on any atom is -0.423 e. The van der Waals surface area contributed by atoms with Crippen molar-refractivity contribution in [2.75, 3.05) is 25.0 Å². The molecule has 1 saturated heterocycles. The second kappa shape index (κ2) is 8.63. The van der Waals surface area contributed by atoms with E-state index < -0.39 is 0 Å². The molecule has 28 heavy (non-hydrogen) atoms. The van der Waals surface area contributed by atoms with Crippen molar-refractivity contribution < 1.29 is 4.42 Å². The normalized spacial score (nSPS) is 16.0. The minimum atomic E-state index is -0.315. The molecule has 4 rings (SSSR count). The number of benzene rings is 2. The fourth-order valence-corrected chi connectivity index (χ4v) is 3.86. The van der Waals surface area contributed by atoms with Crippen LogP contribution in [0.25, 0.3) is 17.0 Å². The van der Waals surface area contributed by atoms with Crippen molar-refractivity contribution in [3.63, 3.8) is 0 Å². The predicted molar refractivity (Wildman–Crippen MR) is 116 cm³/mol. The molecule has 4 nitrogen and oxygen atoms in total. The van der Waals surface area contributed by atoms with Crippen LogP contribution in [-0.2, 0) is 0 Å². The Kier molecular flexibility index (Phi) is 5.79. The molecular weight excluding hydrogens is 372 g/mol. The molecule has 0 unspecified atom stereocenters. The van der Waals surface area contributed by atoms with Crippen LogP contribution in [0.4, 0.5) is 5.69 Å². The average molecular weight is 395 g/mol. The molecule has 0 spiro atoms. The van der Waals surface area contributed by atoms with Crippen molar-refractivity contribution in [3.05, 3.63) is 81.7 Å². The van der Waals surface area contributed by atoms with E-state index in [0.717, 1.165) is 54.1 Å². The van der Waals surface area contributed by atoms with Gasteiger partial charge in [-0.3, -0.25) is 4.90 Å². The van der Waals surface area contributed by atoms with Gasteiger partial charge in [0.05, 0.1) is 5.69 Å². The molecule has 1 fully saturated rings. The second-order valence-corrected chi connectivity index (χ2v) is 7.59. The van der Waals surface area contributed by atoms with Gasteiger partial charge in [0.1, 0.15) is 5.58 Å². The average Bonchev–Trinajstić information content (AvgIpc) is 2.69. The third-order valence-corrected chi connectivity index (χ3v) is 5.35. The van der Waals surface area contributed by atoms with Gasteiger partial charge in [-0.05, 0) is 42.7 Å². The number of nitrogens with one attached hydrogen (secondary N) is 1. The highest BCUT2D eigenvalue weighted by Crippen LogP contribution is 2.24. The zero-order valence-electron chi connectivity index (χ0n) is 15.6. The van der Waals surface area contributed by atoms with Crippen LogP contribution in [-0.4, -0.2) is 30.6 Å². The molecule has 1 N–H and O–H groups in total. The van der Waals surface area contributed by atoms with Crippen molar-refractivity contribution >= 4 is 34.3 Å². The van der Waals surface area contributed by atoms with E-state index in [1.54, 1.807) is 6.07 Å². The van der Waals surface area contributed by atoms with Crippen LogP contribution in [0, 0.1) is 0 Å². The van der Waals surface area contributed by atoms with Crippen LogP contribution in [0.3, 0.4) is 0 Å². The zero-order valence-corrected chi connectivity index (χ0v) is 16.4. The number of likely N-dealkylation sites (tertiary alicyclic amines) is 1. The molecule has 1 aliphatic heterocycles. The van der Waals surface area contributed by atoms with Crippen LogP contribution in [0.15, 0.2) is 69.9 Å². The Morgan fingerprint density at radius 2 is 1.93 bits per heavy atom. The molecule has 0 bridgehead atoms. The summed E-state index contributed by atoms with van der Waals surface area (Å²) in [6, 6.07) is 17.4. The number of para-hydroxylation sites is 1. The molecule has 0 atom stereocenters. The molecule has 1 aromatic heterocycles. The smallest absolute Gasteiger partial charge is 0.338 e. The zero-order chi connectivity index (χ0) is 19.3. The van der Waals surface area contributed by atoms with Crippen molar-refractivity contribution in [1.82, 2.24) is 4.90 Å². The first-order valence-corrected chi connectivity index (χ1v) is 9.99. The summed E-state index contributed by atoms with van der Waals surface area (Å²) >= 11 is 6.02. The third kappa shape index (κ3) is 4.64. The summed E-state index contributed by atoms with van der Waals surface area (Å²) in [5.74, 6) is 0. The molecule has 0 amide bonds. The second-order valence-electron chi connectivity index (χ2n) is 7.15. The first kappa shape index (κ1) is 18.8. The lowest BCUT2D eigenvalue weighted by Gasteiger charge is -2.32. The van der Waals surface area contributed by atoms with Crippen LogP contribution in [0.2, 0.25) is 5.02 Å². The number of fused-ring (bicyclic) bond motifs is 1. The maximum absolute atomic E-state index is 11.8. The monoisotopic (exact) mass is 394 g/mol. The highest BCUT2D eigenvalue weighted by molar-refractivity contribution is 6.30. The Morgan fingerprint density at radius 3 is 2.75 bits per heavy atom. The predicted octanol–water partition coefficient (Wildman–Crippen LogP) is 5.04. The number of piperidine rings is 1. The summed E-state index contributed by atoms with van der Waals surface area (Å²) in [5, 5.41) is 5.27. The number of hydrogen-bond acceptors (Lipinski definition) is 4. The molecule has 0 aliphatic carbocycles. The maximum Gasteiger partial charge on any atom is 0.338 e. The maximum atomic E-state index is 11.8. The molecule has 5 heteroatoms. The van der Waals surface area contributed by atoms with Crippen LogP contribution < -0.4 is 10.9 Å². The van der Waals surface area contributed by atoms with E-state index in [2.05, 4.69) is 28.4 Å². The van der Waals surface area contributed by atoms with Gasteiger partial charge in [0, 0.05) is 42.2 Å². The van der Waals surface area contributed by atoms with E-state index in [9.17, 15) is 4.79 Å². The Morgan fingerprint density at radius 1 is 1.11 bits per heavy atom. The molecule has 0 radical (unpaired) electrons. The van der Waals surface area contributed by atoms with Crippen molar-refractivity contribution in [2.24, 2.45) is 0 Å². The van der Waals surface area contributed by atoms with Crippen molar-refractivity contribution in [3.8, 4) is 0 Å². The third-order valence-electron chi connectivity index (χ3n) is 5.12. The fourth-order valence-electron chi connectivity index (χ4n) is 3.66. The molecule has 0 saturated carbocycles. The van der Waals surface area contributed by atoms with Gasteiger partial charge in [-0.15, -0.1) is 0 Å². The van der Waals surface area contributed by atoms with Crippen LogP contribution in [0.5, 0.6) is 0 Å². The molecule has 3 aromatic rings. The van der Waals surface area contributed by atoms with E-state index in [1.165, 1.54) is 0 Å². The summed E-state index contributed by atoms with van der Waals surface area (Å²) < 4.78 is 5.28. The van der Waals surface area contributed by atoms with Gasteiger partial charge in [-0.1, -0.05) is 48.0 Å². The van der Waals surface area contributed by atoms with E-state index in [0.29, 0.717) is 11.6 Å². The number of nitrogens with zero attached hydrogens (tertiary/aromatic N) is 1. The summed E-state index contributed by atoms with van der Waals surface area (Å²) in [6.45, 7) is 2.98. The van der Waals surface area contributed by atoms with Gasteiger partial charge < -0.3 is 9.73 Å². The van der Waals surface area contributed by atoms with Gasteiger partial charge in [-0.2, -0.15) is 0 Å². The number of rotatable bonds is 5. The fraction of sp³-hybridized carbons (Fsp3) is 0.261. The lowest BCUT2D eigenvalue weighted by molar-refractivity contribution is 0.240. The van der Waals surface area contributed by atoms with Gasteiger partial charge >= 0.3 is 5.63 Å². The van der Waals surface area contributed by atoms with Crippen molar-refractivity contribution in [2.45, 2.75) is 18.9 Å². The molecule has 2 heterocycles. The first-order chi connectivity index (χ1) is 13.7. The largest absolute Gasteiger partial charge is 0.423 e. The van der Waals surface area contributed by atoms with Gasteiger partial charge in [0.2, 0.25) is 0 Å². The number of hydrogen-bond donors (Lipinski definition) is 1. The highest BCUT2D eigenvalue weighted by Gasteiger charge is 2.19. The molecule has 144 valence electrons. The van der Waals surface area contributed by atoms with E-state index in [-0.39, 0.29) is 5.63 Å². The Bertz CT molecular complexity index is 1040.